The lowest BCUT2D eigenvalue weighted by Crippen LogP contribution is -1.94. The van der Waals surface area contributed by atoms with E-state index >= 15 is 0 Å². The Kier molecular flexibility index (Phi) is 5.67. The standard InChI is InChI=1S/C19H23Cl/c1-3-5-6-16-9-13-18(14-10-16)19(20)17-11-7-15(4-2)8-12-17/h7-14,19H,3-6H2,1-2H3. The van der Waals surface area contributed by atoms with Crippen molar-refractivity contribution < 1.29 is 0 Å². The minimum Gasteiger partial charge on any atom is -0.113 e. The first-order valence-electron chi connectivity index (χ1n) is 7.56. The van der Waals surface area contributed by atoms with E-state index in [1.165, 1.54) is 35.1 Å². The molecular weight excluding hydrogens is 264 g/mol. The van der Waals surface area contributed by atoms with Gasteiger partial charge in [-0.3, -0.25) is 0 Å². The molecule has 0 spiro atoms. The van der Waals surface area contributed by atoms with E-state index in [0.717, 1.165) is 12.8 Å². The third kappa shape index (κ3) is 3.86. The van der Waals surface area contributed by atoms with Gasteiger partial charge in [-0.15, -0.1) is 11.6 Å². The number of hydrogen-bond donors (Lipinski definition) is 0. The first-order valence-corrected chi connectivity index (χ1v) is 8.00. The Labute approximate surface area is 127 Å². The Hall–Kier alpha value is -1.27. The number of halogens is 1. The van der Waals surface area contributed by atoms with Crippen molar-refractivity contribution in [3.8, 4) is 0 Å². The molecule has 0 saturated heterocycles. The van der Waals surface area contributed by atoms with Crippen LogP contribution in [-0.4, -0.2) is 0 Å². The highest BCUT2D eigenvalue weighted by Crippen LogP contribution is 2.29. The van der Waals surface area contributed by atoms with Crippen LogP contribution >= 0.6 is 11.6 Å². The predicted molar refractivity (Wildman–Crippen MR) is 88.6 cm³/mol. The lowest BCUT2D eigenvalue weighted by molar-refractivity contribution is 0.794. The molecule has 0 N–H and O–H groups in total. The van der Waals surface area contributed by atoms with E-state index in [4.69, 9.17) is 11.6 Å². The zero-order chi connectivity index (χ0) is 14.4. The molecule has 20 heavy (non-hydrogen) atoms. The summed E-state index contributed by atoms with van der Waals surface area (Å²) < 4.78 is 0. The van der Waals surface area contributed by atoms with Gasteiger partial charge < -0.3 is 0 Å². The summed E-state index contributed by atoms with van der Waals surface area (Å²) in [5, 5.41) is -0.0545. The normalized spacial score (nSPS) is 12.3. The molecule has 1 atom stereocenters. The van der Waals surface area contributed by atoms with E-state index in [9.17, 15) is 0 Å². The van der Waals surface area contributed by atoms with E-state index in [-0.39, 0.29) is 5.38 Å². The Balaban J connectivity index is 2.09. The first kappa shape index (κ1) is 15.1. The molecule has 106 valence electrons. The lowest BCUT2D eigenvalue weighted by atomic mass is 10.00. The Bertz CT molecular complexity index is 510. The van der Waals surface area contributed by atoms with Gasteiger partial charge in [0.25, 0.3) is 0 Å². The lowest BCUT2D eigenvalue weighted by Gasteiger charge is -2.12. The smallest absolute Gasteiger partial charge is 0.0835 e. The van der Waals surface area contributed by atoms with Crippen LogP contribution in [0.3, 0.4) is 0 Å². The molecule has 0 aromatic heterocycles. The summed E-state index contributed by atoms with van der Waals surface area (Å²) in [5.74, 6) is 0. The van der Waals surface area contributed by atoms with E-state index in [1.54, 1.807) is 0 Å². The maximum absolute atomic E-state index is 6.58. The summed E-state index contributed by atoms with van der Waals surface area (Å²) in [5.41, 5.74) is 5.11. The van der Waals surface area contributed by atoms with Crippen molar-refractivity contribution in [3.05, 3.63) is 70.8 Å². The number of hydrogen-bond acceptors (Lipinski definition) is 0. The number of benzene rings is 2. The van der Waals surface area contributed by atoms with Gasteiger partial charge in [0, 0.05) is 0 Å². The Morgan fingerprint density at radius 2 is 1.30 bits per heavy atom. The zero-order valence-corrected chi connectivity index (χ0v) is 13.2. The molecule has 0 aliphatic carbocycles. The van der Waals surface area contributed by atoms with Crippen LogP contribution in [0.2, 0.25) is 0 Å². The molecule has 0 nitrogen and oxygen atoms in total. The summed E-state index contributed by atoms with van der Waals surface area (Å²) in [6.45, 7) is 4.39. The average molecular weight is 287 g/mol. The molecular formula is C19H23Cl. The molecule has 2 aromatic carbocycles. The SMILES string of the molecule is CCCCc1ccc(C(Cl)c2ccc(CC)cc2)cc1. The van der Waals surface area contributed by atoms with Gasteiger partial charge in [0.2, 0.25) is 0 Å². The number of unbranched alkanes of at least 4 members (excludes halogenated alkanes) is 1. The quantitative estimate of drug-likeness (QED) is 0.578. The molecule has 0 saturated carbocycles. The van der Waals surface area contributed by atoms with Crippen LogP contribution in [0.5, 0.6) is 0 Å². The summed E-state index contributed by atoms with van der Waals surface area (Å²) in [6.07, 6.45) is 4.72. The van der Waals surface area contributed by atoms with E-state index in [2.05, 4.69) is 62.4 Å². The van der Waals surface area contributed by atoms with Crippen LogP contribution < -0.4 is 0 Å². The van der Waals surface area contributed by atoms with Gasteiger partial charge in [-0.2, -0.15) is 0 Å². The highest BCUT2D eigenvalue weighted by Gasteiger charge is 2.10. The molecule has 0 bridgehead atoms. The van der Waals surface area contributed by atoms with Gasteiger partial charge in [-0.05, 0) is 41.5 Å². The number of alkyl halides is 1. The average Bonchev–Trinajstić information content (AvgIpc) is 2.53. The van der Waals surface area contributed by atoms with Crippen molar-refractivity contribution in [2.45, 2.75) is 44.9 Å². The summed E-state index contributed by atoms with van der Waals surface area (Å²) in [6, 6.07) is 17.4. The van der Waals surface area contributed by atoms with Crippen LogP contribution in [-0.2, 0) is 12.8 Å². The van der Waals surface area contributed by atoms with Crippen LogP contribution in [0.1, 0.15) is 54.3 Å². The molecule has 1 unspecified atom stereocenters. The van der Waals surface area contributed by atoms with Gasteiger partial charge in [-0.25, -0.2) is 0 Å². The summed E-state index contributed by atoms with van der Waals surface area (Å²) in [7, 11) is 0. The van der Waals surface area contributed by atoms with Crippen molar-refractivity contribution in [1.29, 1.82) is 0 Å². The van der Waals surface area contributed by atoms with Crippen molar-refractivity contribution >= 4 is 11.6 Å². The second-order valence-electron chi connectivity index (χ2n) is 5.30. The molecule has 2 aromatic rings. The fourth-order valence-electron chi connectivity index (χ4n) is 2.35. The number of aryl methyl sites for hydroxylation is 2. The second kappa shape index (κ2) is 7.50. The highest BCUT2D eigenvalue weighted by molar-refractivity contribution is 6.22. The fraction of sp³-hybridized carbons (Fsp3) is 0.368. The minimum absolute atomic E-state index is 0.0545. The monoisotopic (exact) mass is 286 g/mol. The molecule has 0 aliphatic heterocycles. The predicted octanol–water partition coefficient (Wildman–Crippen LogP) is 5.92. The largest absolute Gasteiger partial charge is 0.113 e. The molecule has 1 heteroatoms. The van der Waals surface area contributed by atoms with Crippen LogP contribution in [0, 0.1) is 0 Å². The van der Waals surface area contributed by atoms with Gasteiger partial charge in [0.05, 0.1) is 5.38 Å². The van der Waals surface area contributed by atoms with E-state index in [0.29, 0.717) is 0 Å². The van der Waals surface area contributed by atoms with Crippen molar-refractivity contribution in [3.63, 3.8) is 0 Å². The third-order valence-corrected chi connectivity index (χ3v) is 4.28. The third-order valence-electron chi connectivity index (χ3n) is 3.77. The van der Waals surface area contributed by atoms with E-state index in [1.807, 2.05) is 0 Å². The second-order valence-corrected chi connectivity index (χ2v) is 5.74. The van der Waals surface area contributed by atoms with Gasteiger partial charge >= 0.3 is 0 Å². The zero-order valence-electron chi connectivity index (χ0n) is 12.4. The summed E-state index contributed by atoms with van der Waals surface area (Å²) in [4.78, 5) is 0. The number of rotatable bonds is 6. The summed E-state index contributed by atoms with van der Waals surface area (Å²) >= 11 is 6.58. The molecule has 0 radical (unpaired) electrons. The molecule has 2 rings (SSSR count). The van der Waals surface area contributed by atoms with Gasteiger partial charge in [0.1, 0.15) is 0 Å². The van der Waals surface area contributed by atoms with Gasteiger partial charge in [-0.1, -0.05) is 68.8 Å². The minimum atomic E-state index is -0.0545. The highest BCUT2D eigenvalue weighted by atomic mass is 35.5. The van der Waals surface area contributed by atoms with E-state index < -0.39 is 0 Å². The van der Waals surface area contributed by atoms with Crippen LogP contribution in [0.4, 0.5) is 0 Å². The fourth-order valence-corrected chi connectivity index (χ4v) is 2.64. The molecule has 0 amide bonds. The maximum atomic E-state index is 6.58. The van der Waals surface area contributed by atoms with Crippen LogP contribution in [0.15, 0.2) is 48.5 Å². The Morgan fingerprint density at radius 1 is 0.800 bits per heavy atom. The van der Waals surface area contributed by atoms with Crippen molar-refractivity contribution in [2.75, 3.05) is 0 Å². The molecule has 0 heterocycles. The topological polar surface area (TPSA) is 0 Å². The van der Waals surface area contributed by atoms with Crippen molar-refractivity contribution in [1.82, 2.24) is 0 Å². The van der Waals surface area contributed by atoms with Crippen molar-refractivity contribution in [2.24, 2.45) is 0 Å². The molecule has 0 aliphatic rings. The Morgan fingerprint density at radius 3 is 1.75 bits per heavy atom. The first-order chi connectivity index (χ1) is 9.74. The van der Waals surface area contributed by atoms with Gasteiger partial charge in [0.15, 0.2) is 0 Å². The molecule has 0 fully saturated rings. The van der Waals surface area contributed by atoms with Crippen LogP contribution in [0.25, 0.3) is 0 Å². The maximum Gasteiger partial charge on any atom is 0.0835 e.